The number of rotatable bonds is 1. The van der Waals surface area contributed by atoms with Crippen molar-refractivity contribution in [2.24, 2.45) is 0 Å². The van der Waals surface area contributed by atoms with Crippen molar-refractivity contribution in [1.82, 2.24) is 24.6 Å². The highest BCUT2D eigenvalue weighted by molar-refractivity contribution is 5.82. The van der Waals surface area contributed by atoms with Gasteiger partial charge in [0.05, 0.1) is 19.6 Å². The highest BCUT2D eigenvalue weighted by Crippen LogP contribution is 2.22. The zero-order valence-corrected chi connectivity index (χ0v) is 11.0. The average molecular weight is 299 g/mol. The molecule has 0 bridgehead atoms. The molecule has 2 aliphatic heterocycles. The summed E-state index contributed by atoms with van der Waals surface area (Å²) in [4.78, 5) is 37.7. The summed E-state index contributed by atoms with van der Waals surface area (Å²) in [5.74, 6) is -0.270. The van der Waals surface area contributed by atoms with Crippen molar-refractivity contribution in [1.29, 1.82) is 0 Å². The van der Waals surface area contributed by atoms with Gasteiger partial charge in [0.15, 0.2) is 5.82 Å². The number of carbonyl (C=O) groups is 2. The second-order valence-electron chi connectivity index (χ2n) is 5.16. The predicted molar refractivity (Wildman–Crippen MR) is 66.4 cm³/mol. The number of fused-ring (bicyclic) bond motifs is 1. The number of halogens is 1. The third kappa shape index (κ3) is 2.26. The summed E-state index contributed by atoms with van der Waals surface area (Å²) in [6.45, 7) is 0.0352. The smallest absolute Gasteiger partial charge is 0.407 e. The monoisotopic (exact) mass is 299 g/mol. The number of nitrogens with one attached hydrogen (secondary N) is 1. The Morgan fingerprint density at radius 2 is 2.10 bits per heavy atom. The normalized spacial score (nSPS) is 25.0. The van der Waals surface area contributed by atoms with Crippen LogP contribution < -0.4 is 5.69 Å². The fourth-order valence-electron chi connectivity index (χ4n) is 2.76. The number of carboxylic acid groups (broad SMARTS) is 1. The first-order valence-corrected chi connectivity index (χ1v) is 6.54. The maximum Gasteiger partial charge on any atom is 0.407 e. The van der Waals surface area contributed by atoms with Gasteiger partial charge in [-0.2, -0.15) is 5.10 Å². The molecule has 1 aromatic heterocycles. The highest BCUT2D eigenvalue weighted by atomic mass is 19.1. The maximum atomic E-state index is 13.2. The topological polar surface area (TPSA) is 112 Å². The van der Waals surface area contributed by atoms with Crippen LogP contribution in [0.15, 0.2) is 4.79 Å². The molecule has 1 unspecified atom stereocenters. The molecule has 3 rings (SSSR count). The number of carbonyl (C=O) groups excluding carboxylic acids is 1. The van der Waals surface area contributed by atoms with Gasteiger partial charge < -0.3 is 10.0 Å². The minimum atomic E-state index is -1.20. The van der Waals surface area contributed by atoms with E-state index in [-0.39, 0.29) is 38.4 Å². The first-order valence-electron chi connectivity index (χ1n) is 6.54. The lowest BCUT2D eigenvalue weighted by atomic mass is 10.2. The van der Waals surface area contributed by atoms with Crippen molar-refractivity contribution < 1.29 is 19.1 Å². The van der Waals surface area contributed by atoms with Gasteiger partial charge >= 0.3 is 11.8 Å². The van der Waals surface area contributed by atoms with Crippen LogP contribution in [-0.4, -0.2) is 67.5 Å². The molecule has 2 amide bonds. The highest BCUT2D eigenvalue weighted by Gasteiger charge is 2.39. The van der Waals surface area contributed by atoms with Gasteiger partial charge in [-0.1, -0.05) is 0 Å². The van der Waals surface area contributed by atoms with Gasteiger partial charge in [0.25, 0.3) is 0 Å². The molecule has 9 nitrogen and oxygen atoms in total. The van der Waals surface area contributed by atoms with E-state index in [9.17, 15) is 18.8 Å². The number of nitrogens with zero attached hydrogens (tertiary/aromatic N) is 4. The van der Waals surface area contributed by atoms with E-state index in [0.29, 0.717) is 0 Å². The predicted octanol–water partition coefficient (Wildman–Crippen LogP) is -0.824. The van der Waals surface area contributed by atoms with Crippen LogP contribution in [0.4, 0.5) is 9.18 Å². The van der Waals surface area contributed by atoms with Crippen molar-refractivity contribution in [3.8, 4) is 0 Å². The Bertz CT molecular complexity index is 641. The van der Waals surface area contributed by atoms with Crippen LogP contribution in [0.2, 0.25) is 0 Å². The molecule has 2 N–H and O–H groups in total. The Labute approximate surface area is 117 Å². The molecule has 1 aromatic rings. The fourth-order valence-corrected chi connectivity index (χ4v) is 2.76. The third-order valence-electron chi connectivity index (χ3n) is 3.81. The van der Waals surface area contributed by atoms with Gasteiger partial charge in [0.1, 0.15) is 12.2 Å². The van der Waals surface area contributed by atoms with Crippen LogP contribution in [0, 0.1) is 0 Å². The Morgan fingerprint density at radius 1 is 1.33 bits per heavy atom. The Kier molecular flexibility index (Phi) is 3.15. The van der Waals surface area contributed by atoms with Gasteiger partial charge in [-0.3, -0.25) is 14.3 Å². The molecular formula is C11H14FN5O4. The number of H-pyrrole nitrogens is 1. The lowest BCUT2D eigenvalue weighted by Gasteiger charge is -2.32. The van der Waals surface area contributed by atoms with E-state index in [4.69, 9.17) is 5.11 Å². The molecule has 0 saturated carbocycles. The Balaban J connectivity index is 1.92. The lowest BCUT2D eigenvalue weighted by Crippen LogP contribution is -2.49. The number of likely N-dealkylation sites (tertiary alicyclic amines) is 1. The second-order valence-corrected chi connectivity index (χ2v) is 5.16. The van der Waals surface area contributed by atoms with Crippen molar-refractivity contribution in [2.75, 3.05) is 19.6 Å². The van der Waals surface area contributed by atoms with Crippen LogP contribution in [0.1, 0.15) is 18.3 Å². The molecule has 114 valence electrons. The van der Waals surface area contributed by atoms with Crippen LogP contribution in [0.25, 0.3) is 0 Å². The standard InChI is InChI=1S/C11H14FN5O4/c12-6-1-2-15(3-6)9(18)7-4-16(11(20)21)5-8-13-14-10(19)17(7)8/h6-7H,1-5H2,(H,14,19)(H,20,21)/t6-,7?/m0/s1. The van der Waals surface area contributed by atoms with Gasteiger partial charge in [0, 0.05) is 6.54 Å². The van der Waals surface area contributed by atoms with Gasteiger partial charge in [0.2, 0.25) is 5.91 Å². The summed E-state index contributed by atoms with van der Waals surface area (Å²) < 4.78 is 14.4. The van der Waals surface area contributed by atoms with E-state index in [1.54, 1.807) is 0 Å². The summed E-state index contributed by atoms with van der Waals surface area (Å²) in [6, 6.07) is -0.999. The van der Waals surface area contributed by atoms with Crippen molar-refractivity contribution >= 4 is 12.0 Å². The van der Waals surface area contributed by atoms with Gasteiger partial charge in [-0.15, -0.1) is 0 Å². The number of hydrogen-bond donors (Lipinski definition) is 2. The summed E-state index contributed by atoms with van der Waals surface area (Å²) in [5.41, 5.74) is -0.565. The molecule has 1 saturated heterocycles. The van der Waals surface area contributed by atoms with Crippen LogP contribution in [-0.2, 0) is 11.3 Å². The quantitative estimate of drug-likeness (QED) is 0.703. The van der Waals surface area contributed by atoms with Crippen LogP contribution in [0.3, 0.4) is 0 Å². The first kappa shape index (κ1) is 13.6. The molecule has 0 spiro atoms. The molecule has 10 heteroatoms. The van der Waals surface area contributed by atoms with Crippen LogP contribution in [0.5, 0.6) is 0 Å². The molecule has 0 radical (unpaired) electrons. The summed E-state index contributed by atoms with van der Waals surface area (Å²) in [6.07, 6.45) is -2.01. The second kappa shape index (κ2) is 4.86. The maximum absolute atomic E-state index is 13.2. The largest absolute Gasteiger partial charge is 0.465 e. The minimum Gasteiger partial charge on any atom is -0.465 e. The zero-order valence-electron chi connectivity index (χ0n) is 11.0. The minimum absolute atomic E-state index is 0.0235. The summed E-state index contributed by atoms with van der Waals surface area (Å²) in [7, 11) is 0. The Morgan fingerprint density at radius 3 is 2.71 bits per heavy atom. The number of hydrogen-bond acceptors (Lipinski definition) is 4. The Hall–Kier alpha value is -2.39. The van der Waals surface area contributed by atoms with Crippen molar-refractivity contribution in [3.05, 3.63) is 16.3 Å². The van der Waals surface area contributed by atoms with Gasteiger partial charge in [-0.05, 0) is 6.42 Å². The molecule has 1 fully saturated rings. The van der Waals surface area contributed by atoms with E-state index in [0.717, 1.165) is 9.47 Å². The van der Waals surface area contributed by atoms with E-state index < -0.39 is 29.9 Å². The SMILES string of the molecule is O=C(O)N1Cc2n[nH]c(=O)n2C(C(=O)N2CC[C@H](F)C2)C1. The molecule has 2 aliphatic rings. The fraction of sp³-hybridized carbons (Fsp3) is 0.636. The lowest BCUT2D eigenvalue weighted by molar-refractivity contribution is -0.135. The van der Waals surface area contributed by atoms with E-state index >= 15 is 0 Å². The molecule has 21 heavy (non-hydrogen) atoms. The molecule has 0 aliphatic carbocycles. The average Bonchev–Trinajstić information content (AvgIpc) is 3.04. The summed E-state index contributed by atoms with van der Waals surface area (Å²) >= 11 is 0. The number of aromatic nitrogens is 3. The first-order chi connectivity index (χ1) is 9.97. The zero-order chi connectivity index (χ0) is 15.1. The van der Waals surface area contributed by atoms with E-state index in [1.807, 2.05) is 0 Å². The van der Waals surface area contributed by atoms with Gasteiger partial charge in [-0.25, -0.2) is 19.1 Å². The van der Waals surface area contributed by atoms with E-state index in [1.165, 1.54) is 4.90 Å². The van der Waals surface area contributed by atoms with Crippen molar-refractivity contribution in [2.45, 2.75) is 25.2 Å². The van der Waals surface area contributed by atoms with Crippen LogP contribution >= 0.6 is 0 Å². The third-order valence-corrected chi connectivity index (χ3v) is 3.81. The number of amides is 2. The number of aromatic amines is 1. The summed E-state index contributed by atoms with van der Waals surface area (Å²) in [5, 5.41) is 15.0. The van der Waals surface area contributed by atoms with Crippen molar-refractivity contribution in [3.63, 3.8) is 0 Å². The number of alkyl halides is 1. The molecule has 3 heterocycles. The van der Waals surface area contributed by atoms with E-state index in [2.05, 4.69) is 10.2 Å². The molecule has 2 atom stereocenters. The molecule has 0 aromatic carbocycles. The molecular weight excluding hydrogens is 285 g/mol.